The van der Waals surface area contributed by atoms with E-state index in [1.807, 2.05) is 6.92 Å². The second-order valence-corrected chi connectivity index (χ2v) is 7.00. The normalized spacial score (nSPS) is 10.5. The first-order valence-corrected chi connectivity index (χ1v) is 8.45. The zero-order chi connectivity index (χ0) is 15.4. The van der Waals surface area contributed by atoms with Crippen molar-refractivity contribution in [3.8, 4) is 0 Å². The van der Waals surface area contributed by atoms with Crippen LogP contribution in [0, 0.1) is 6.92 Å². The Morgan fingerprint density at radius 3 is 2.81 bits per heavy atom. The number of anilines is 2. The van der Waals surface area contributed by atoms with Crippen molar-refractivity contribution in [3.05, 3.63) is 27.7 Å². The maximum atomic E-state index is 12.0. The van der Waals surface area contributed by atoms with Crippen molar-refractivity contribution in [2.75, 3.05) is 23.4 Å². The third-order valence-electron chi connectivity index (χ3n) is 2.50. The van der Waals surface area contributed by atoms with Gasteiger partial charge in [0.1, 0.15) is 0 Å². The number of nitrogens with zero attached hydrogens (tertiary/aromatic N) is 2. The molecule has 1 amide bonds. The topological polar surface area (TPSA) is 66.9 Å². The molecule has 0 aliphatic rings. The molecule has 1 aromatic heterocycles. The summed E-state index contributed by atoms with van der Waals surface area (Å²) in [4.78, 5) is 12.0. The summed E-state index contributed by atoms with van der Waals surface area (Å²) in [5.41, 5.74) is 1.30. The number of rotatable bonds is 5. The second kappa shape index (κ2) is 7.31. The van der Waals surface area contributed by atoms with Crippen LogP contribution in [-0.2, 0) is 4.79 Å². The van der Waals surface area contributed by atoms with Crippen LogP contribution >= 0.6 is 46.3 Å². The second-order valence-electron chi connectivity index (χ2n) is 4.01. The zero-order valence-electron chi connectivity index (χ0n) is 11.2. The van der Waals surface area contributed by atoms with E-state index in [0.717, 1.165) is 9.90 Å². The van der Waals surface area contributed by atoms with E-state index in [4.69, 9.17) is 23.2 Å². The van der Waals surface area contributed by atoms with Crippen LogP contribution in [-0.4, -0.2) is 28.9 Å². The van der Waals surface area contributed by atoms with Gasteiger partial charge in [0.2, 0.25) is 11.0 Å². The predicted molar refractivity (Wildman–Crippen MR) is 90.0 cm³/mol. The van der Waals surface area contributed by atoms with Crippen molar-refractivity contribution in [2.45, 2.75) is 11.3 Å². The monoisotopic (exact) mass is 362 g/mol. The molecule has 0 saturated heterocycles. The van der Waals surface area contributed by atoms with Gasteiger partial charge in [-0.3, -0.25) is 4.79 Å². The van der Waals surface area contributed by atoms with E-state index in [0.29, 0.717) is 20.9 Å². The maximum Gasteiger partial charge on any atom is 0.234 e. The van der Waals surface area contributed by atoms with Crippen molar-refractivity contribution in [1.82, 2.24) is 10.2 Å². The number of nitrogens with one attached hydrogen (secondary N) is 2. The molecular weight excluding hydrogens is 351 g/mol. The molecule has 0 fully saturated rings. The first-order valence-electron chi connectivity index (χ1n) is 5.89. The van der Waals surface area contributed by atoms with Crippen LogP contribution in [0.15, 0.2) is 16.5 Å². The standard InChI is InChI=1S/C12H12Cl2N4OS2/c1-6-3-4-7(13)10(9(6)14)16-8(19)5-20-12-18-17-11(15-2)21-12/h3-4H,5H2,1-2H3,(H,15,17)(H,16,19). The Morgan fingerprint density at radius 1 is 1.38 bits per heavy atom. The van der Waals surface area contributed by atoms with Crippen LogP contribution in [0.2, 0.25) is 10.0 Å². The van der Waals surface area contributed by atoms with Gasteiger partial charge in [0.25, 0.3) is 0 Å². The number of halogens is 2. The van der Waals surface area contributed by atoms with Gasteiger partial charge in [-0.05, 0) is 18.6 Å². The SMILES string of the molecule is CNc1nnc(SCC(=O)Nc2c(Cl)ccc(C)c2Cl)s1. The largest absolute Gasteiger partial charge is 0.363 e. The molecule has 0 bridgehead atoms. The molecule has 0 atom stereocenters. The first-order chi connectivity index (χ1) is 10.0. The summed E-state index contributed by atoms with van der Waals surface area (Å²) in [7, 11) is 1.77. The van der Waals surface area contributed by atoms with Gasteiger partial charge in [-0.25, -0.2) is 0 Å². The molecule has 0 aliphatic heterocycles. The van der Waals surface area contributed by atoms with Crippen molar-refractivity contribution < 1.29 is 4.79 Å². The summed E-state index contributed by atoms with van der Waals surface area (Å²) in [6.07, 6.45) is 0. The minimum absolute atomic E-state index is 0.199. The number of aryl methyl sites for hydroxylation is 1. The lowest BCUT2D eigenvalue weighted by molar-refractivity contribution is -0.113. The van der Waals surface area contributed by atoms with Crippen LogP contribution in [0.4, 0.5) is 10.8 Å². The van der Waals surface area contributed by atoms with Gasteiger partial charge in [-0.1, -0.05) is 52.4 Å². The number of carbonyl (C=O) groups excluding carboxylic acids is 1. The smallest absolute Gasteiger partial charge is 0.234 e. The van der Waals surface area contributed by atoms with Gasteiger partial charge in [0, 0.05) is 7.05 Å². The molecule has 1 aromatic carbocycles. The number of aromatic nitrogens is 2. The van der Waals surface area contributed by atoms with E-state index in [-0.39, 0.29) is 11.7 Å². The van der Waals surface area contributed by atoms with Gasteiger partial charge in [0.15, 0.2) is 4.34 Å². The van der Waals surface area contributed by atoms with Crippen molar-refractivity contribution in [1.29, 1.82) is 0 Å². The molecule has 1 heterocycles. The average molecular weight is 363 g/mol. The highest BCUT2D eigenvalue weighted by atomic mass is 35.5. The molecule has 5 nitrogen and oxygen atoms in total. The number of hydrogen-bond donors (Lipinski definition) is 2. The molecule has 0 saturated carbocycles. The van der Waals surface area contributed by atoms with Gasteiger partial charge >= 0.3 is 0 Å². The van der Waals surface area contributed by atoms with E-state index >= 15 is 0 Å². The van der Waals surface area contributed by atoms with E-state index in [2.05, 4.69) is 20.8 Å². The third-order valence-corrected chi connectivity index (χ3v) is 5.37. The number of thioether (sulfide) groups is 1. The predicted octanol–water partition coefficient (Wildman–Crippen LogP) is 3.93. The lowest BCUT2D eigenvalue weighted by Gasteiger charge is -2.10. The van der Waals surface area contributed by atoms with Crippen LogP contribution in [0.3, 0.4) is 0 Å². The number of hydrogen-bond acceptors (Lipinski definition) is 6. The Bertz CT molecular complexity index is 663. The van der Waals surface area contributed by atoms with Crippen LogP contribution in [0.5, 0.6) is 0 Å². The fraction of sp³-hybridized carbons (Fsp3) is 0.250. The maximum absolute atomic E-state index is 12.0. The van der Waals surface area contributed by atoms with Crippen LogP contribution in [0.25, 0.3) is 0 Å². The summed E-state index contributed by atoms with van der Waals surface area (Å²) in [5, 5.41) is 15.0. The van der Waals surface area contributed by atoms with E-state index in [9.17, 15) is 4.79 Å². The van der Waals surface area contributed by atoms with E-state index in [1.165, 1.54) is 23.1 Å². The average Bonchev–Trinajstić information content (AvgIpc) is 2.93. The molecule has 112 valence electrons. The molecule has 0 radical (unpaired) electrons. The van der Waals surface area contributed by atoms with Gasteiger partial charge in [-0.15, -0.1) is 10.2 Å². The van der Waals surface area contributed by atoms with Crippen molar-refractivity contribution in [3.63, 3.8) is 0 Å². The molecule has 2 aromatic rings. The quantitative estimate of drug-likeness (QED) is 0.788. The number of benzene rings is 1. The Hall–Kier alpha value is -1.02. The molecule has 9 heteroatoms. The molecule has 2 N–H and O–H groups in total. The number of amides is 1. The van der Waals surface area contributed by atoms with E-state index < -0.39 is 0 Å². The van der Waals surface area contributed by atoms with Gasteiger partial charge < -0.3 is 10.6 Å². The van der Waals surface area contributed by atoms with Gasteiger partial charge in [0.05, 0.1) is 21.5 Å². The summed E-state index contributed by atoms with van der Waals surface area (Å²) in [6, 6.07) is 3.51. The summed E-state index contributed by atoms with van der Waals surface area (Å²) >= 11 is 14.9. The highest BCUT2D eigenvalue weighted by molar-refractivity contribution is 8.01. The minimum atomic E-state index is -0.199. The molecule has 21 heavy (non-hydrogen) atoms. The Labute approximate surface area is 140 Å². The first kappa shape index (κ1) is 16.4. The summed E-state index contributed by atoms with van der Waals surface area (Å²) in [5.74, 6) is 0.00878. The third kappa shape index (κ3) is 4.23. The van der Waals surface area contributed by atoms with Crippen LogP contribution in [0.1, 0.15) is 5.56 Å². The molecule has 0 spiro atoms. The summed E-state index contributed by atoms with van der Waals surface area (Å²) in [6.45, 7) is 1.85. The molecule has 0 unspecified atom stereocenters. The van der Waals surface area contributed by atoms with E-state index in [1.54, 1.807) is 19.2 Å². The Balaban J connectivity index is 1.97. The van der Waals surface area contributed by atoms with Crippen molar-refractivity contribution in [2.24, 2.45) is 0 Å². The lowest BCUT2D eigenvalue weighted by atomic mass is 10.2. The zero-order valence-corrected chi connectivity index (χ0v) is 14.4. The molecular formula is C12H12Cl2N4OS2. The molecule has 0 aliphatic carbocycles. The highest BCUT2D eigenvalue weighted by Crippen LogP contribution is 2.33. The fourth-order valence-electron chi connectivity index (χ4n) is 1.44. The fourth-order valence-corrected chi connectivity index (χ4v) is 3.41. The lowest BCUT2D eigenvalue weighted by Crippen LogP contribution is -2.14. The minimum Gasteiger partial charge on any atom is -0.363 e. The van der Waals surface area contributed by atoms with Crippen molar-refractivity contribution >= 4 is 63.0 Å². The Kier molecular flexibility index (Phi) is 5.69. The highest BCUT2D eigenvalue weighted by Gasteiger charge is 2.13. The van der Waals surface area contributed by atoms with Gasteiger partial charge in [-0.2, -0.15) is 0 Å². The Morgan fingerprint density at radius 2 is 2.14 bits per heavy atom. The summed E-state index contributed by atoms with van der Waals surface area (Å²) < 4.78 is 0.718. The molecule has 2 rings (SSSR count). The number of carbonyl (C=O) groups is 1. The van der Waals surface area contributed by atoms with Crippen LogP contribution < -0.4 is 10.6 Å².